The molecule has 1 amide bonds. The second kappa shape index (κ2) is 9.96. The summed E-state index contributed by atoms with van der Waals surface area (Å²) in [5, 5.41) is 2.65. The first-order valence-corrected chi connectivity index (χ1v) is 10.8. The highest BCUT2D eigenvalue weighted by molar-refractivity contribution is 7.89. The van der Waals surface area contributed by atoms with Gasteiger partial charge in [0, 0.05) is 18.3 Å². The average molecular weight is 424 g/mol. The average Bonchev–Trinajstić information content (AvgIpc) is 2.74. The molecule has 0 saturated heterocycles. The van der Waals surface area contributed by atoms with E-state index in [0.29, 0.717) is 24.2 Å². The molecular weight excluding hydrogens is 403 g/mol. The monoisotopic (exact) mass is 424 g/mol. The molecule has 0 atom stereocenters. The lowest BCUT2D eigenvalue weighted by Gasteiger charge is -2.08. The van der Waals surface area contributed by atoms with E-state index in [4.69, 9.17) is 0 Å². The first kappa shape index (κ1) is 21.4. The molecule has 3 rings (SSSR count). The number of sulfonamides is 1. The zero-order valence-corrected chi connectivity index (χ0v) is 16.9. The maximum atomic E-state index is 12.9. The molecule has 0 heterocycles. The Morgan fingerprint density at radius 2 is 1.57 bits per heavy atom. The third-order valence-corrected chi connectivity index (χ3v) is 5.75. The maximum Gasteiger partial charge on any atom is 0.248 e. The number of halogens is 1. The maximum absolute atomic E-state index is 12.9. The minimum atomic E-state index is -3.63. The van der Waals surface area contributed by atoms with E-state index in [0.717, 1.165) is 5.56 Å². The number of hydrogen-bond acceptors (Lipinski definition) is 3. The summed E-state index contributed by atoms with van der Waals surface area (Å²) in [6, 6.07) is 21.3. The number of amides is 1. The molecule has 0 radical (unpaired) electrons. The van der Waals surface area contributed by atoms with Crippen LogP contribution in [0.2, 0.25) is 0 Å². The van der Waals surface area contributed by atoms with Crippen LogP contribution in [0, 0.1) is 5.82 Å². The Kier molecular flexibility index (Phi) is 7.11. The van der Waals surface area contributed by atoms with Crippen molar-refractivity contribution in [2.75, 3.05) is 11.9 Å². The van der Waals surface area contributed by atoms with E-state index < -0.39 is 10.0 Å². The summed E-state index contributed by atoms with van der Waals surface area (Å²) < 4.78 is 40.3. The van der Waals surface area contributed by atoms with Crippen molar-refractivity contribution < 1.29 is 17.6 Å². The van der Waals surface area contributed by atoms with Crippen LogP contribution in [-0.4, -0.2) is 20.9 Å². The van der Waals surface area contributed by atoms with Crippen LogP contribution in [0.1, 0.15) is 11.1 Å². The molecule has 0 aliphatic heterocycles. The van der Waals surface area contributed by atoms with E-state index in [1.54, 1.807) is 18.2 Å². The quantitative estimate of drug-likeness (QED) is 0.537. The van der Waals surface area contributed by atoms with Gasteiger partial charge in [0.05, 0.1) is 4.90 Å². The fourth-order valence-electron chi connectivity index (χ4n) is 2.70. The van der Waals surface area contributed by atoms with Crippen LogP contribution in [-0.2, 0) is 21.2 Å². The molecule has 0 spiro atoms. The molecule has 0 saturated carbocycles. The molecule has 0 aliphatic carbocycles. The van der Waals surface area contributed by atoms with Crippen LogP contribution < -0.4 is 10.0 Å². The van der Waals surface area contributed by atoms with Gasteiger partial charge in [-0.15, -0.1) is 0 Å². The molecule has 154 valence electrons. The number of carbonyl (C=O) groups is 1. The lowest BCUT2D eigenvalue weighted by atomic mass is 10.2. The van der Waals surface area contributed by atoms with Crippen LogP contribution in [0.5, 0.6) is 0 Å². The first-order chi connectivity index (χ1) is 14.4. The number of carbonyl (C=O) groups excluding carboxylic acids is 1. The number of rotatable bonds is 8. The van der Waals surface area contributed by atoms with Gasteiger partial charge in [-0.05, 0) is 60.0 Å². The van der Waals surface area contributed by atoms with E-state index in [-0.39, 0.29) is 16.6 Å². The van der Waals surface area contributed by atoms with Gasteiger partial charge in [0.15, 0.2) is 0 Å². The minimum absolute atomic E-state index is 0.121. The molecule has 5 nitrogen and oxygen atoms in total. The zero-order valence-electron chi connectivity index (χ0n) is 16.1. The van der Waals surface area contributed by atoms with Crippen molar-refractivity contribution in [2.45, 2.75) is 11.3 Å². The smallest absolute Gasteiger partial charge is 0.248 e. The Balaban J connectivity index is 1.54. The van der Waals surface area contributed by atoms with Crippen LogP contribution in [0.3, 0.4) is 0 Å². The molecule has 30 heavy (non-hydrogen) atoms. The van der Waals surface area contributed by atoms with E-state index in [9.17, 15) is 17.6 Å². The Bertz CT molecular complexity index is 1110. The lowest BCUT2D eigenvalue weighted by molar-refractivity contribution is -0.111. The lowest BCUT2D eigenvalue weighted by Crippen LogP contribution is -2.26. The molecule has 0 bridgehead atoms. The molecule has 2 N–H and O–H groups in total. The van der Waals surface area contributed by atoms with Gasteiger partial charge in [0.1, 0.15) is 5.82 Å². The number of anilines is 1. The van der Waals surface area contributed by atoms with Gasteiger partial charge < -0.3 is 5.32 Å². The van der Waals surface area contributed by atoms with Crippen molar-refractivity contribution >= 4 is 27.7 Å². The van der Waals surface area contributed by atoms with Crippen LogP contribution in [0.4, 0.5) is 10.1 Å². The van der Waals surface area contributed by atoms with E-state index >= 15 is 0 Å². The highest BCUT2D eigenvalue weighted by atomic mass is 32.2. The van der Waals surface area contributed by atoms with Gasteiger partial charge in [-0.1, -0.05) is 42.5 Å². The topological polar surface area (TPSA) is 75.3 Å². The SMILES string of the molecule is O=C(/C=C/c1ccc(F)cc1)Nc1ccc(S(=O)(=O)NCCc2ccccc2)cc1. The summed E-state index contributed by atoms with van der Waals surface area (Å²) in [6.45, 7) is 0.291. The largest absolute Gasteiger partial charge is 0.323 e. The van der Waals surface area contributed by atoms with Gasteiger partial charge in [0.2, 0.25) is 15.9 Å². The van der Waals surface area contributed by atoms with Crippen molar-refractivity contribution in [1.82, 2.24) is 4.72 Å². The van der Waals surface area contributed by atoms with Crippen LogP contribution >= 0.6 is 0 Å². The molecule has 0 fully saturated rings. The standard InChI is InChI=1S/C23H21FN2O3S/c24-20-9-6-19(7-10-20)8-15-23(27)26-21-11-13-22(14-12-21)30(28,29)25-17-16-18-4-2-1-3-5-18/h1-15,25H,16-17H2,(H,26,27)/b15-8+. The summed E-state index contributed by atoms with van der Waals surface area (Å²) in [4.78, 5) is 12.1. The molecule has 7 heteroatoms. The second-order valence-electron chi connectivity index (χ2n) is 6.53. The third kappa shape index (κ3) is 6.37. The number of nitrogens with one attached hydrogen (secondary N) is 2. The molecule has 3 aromatic rings. The fourth-order valence-corrected chi connectivity index (χ4v) is 3.74. The van der Waals surface area contributed by atoms with Gasteiger partial charge in [-0.25, -0.2) is 17.5 Å². The Labute approximate surface area is 175 Å². The Morgan fingerprint density at radius 3 is 2.23 bits per heavy atom. The van der Waals surface area contributed by atoms with Crippen molar-refractivity contribution in [3.05, 3.63) is 102 Å². The van der Waals surface area contributed by atoms with Crippen molar-refractivity contribution in [3.63, 3.8) is 0 Å². The highest BCUT2D eigenvalue weighted by Gasteiger charge is 2.13. The third-order valence-electron chi connectivity index (χ3n) is 4.28. The summed E-state index contributed by atoms with van der Waals surface area (Å²) in [5.74, 6) is -0.725. The Morgan fingerprint density at radius 1 is 0.900 bits per heavy atom. The fraction of sp³-hybridized carbons (Fsp3) is 0.0870. The summed E-state index contributed by atoms with van der Waals surface area (Å²) >= 11 is 0. The normalized spacial score (nSPS) is 11.5. The molecule has 0 unspecified atom stereocenters. The van der Waals surface area contributed by atoms with Crippen LogP contribution in [0.15, 0.2) is 89.8 Å². The predicted molar refractivity (Wildman–Crippen MR) is 116 cm³/mol. The van der Waals surface area contributed by atoms with Gasteiger partial charge in [-0.3, -0.25) is 4.79 Å². The van der Waals surface area contributed by atoms with Gasteiger partial charge in [-0.2, -0.15) is 0 Å². The Hall–Kier alpha value is -3.29. The first-order valence-electron chi connectivity index (χ1n) is 9.31. The van der Waals surface area contributed by atoms with Crippen molar-refractivity contribution in [3.8, 4) is 0 Å². The van der Waals surface area contributed by atoms with Crippen LogP contribution in [0.25, 0.3) is 6.08 Å². The highest BCUT2D eigenvalue weighted by Crippen LogP contribution is 2.14. The summed E-state index contributed by atoms with van der Waals surface area (Å²) in [7, 11) is -3.63. The van der Waals surface area contributed by atoms with Crippen molar-refractivity contribution in [1.29, 1.82) is 0 Å². The van der Waals surface area contributed by atoms with E-state index in [1.165, 1.54) is 42.5 Å². The predicted octanol–water partition coefficient (Wildman–Crippen LogP) is 4.00. The molecule has 0 aromatic heterocycles. The molecule has 3 aromatic carbocycles. The van der Waals surface area contributed by atoms with Gasteiger partial charge in [0.25, 0.3) is 0 Å². The minimum Gasteiger partial charge on any atom is -0.323 e. The van der Waals surface area contributed by atoms with E-state index in [1.807, 2.05) is 30.3 Å². The van der Waals surface area contributed by atoms with Gasteiger partial charge >= 0.3 is 0 Å². The zero-order chi connectivity index (χ0) is 21.4. The number of benzene rings is 3. The molecular formula is C23H21FN2O3S. The summed E-state index contributed by atoms with van der Waals surface area (Å²) in [5.41, 5.74) is 2.20. The number of hydrogen-bond donors (Lipinski definition) is 2. The summed E-state index contributed by atoms with van der Waals surface area (Å²) in [6.07, 6.45) is 3.47. The molecule has 0 aliphatic rings. The van der Waals surface area contributed by atoms with Crippen molar-refractivity contribution in [2.24, 2.45) is 0 Å². The second-order valence-corrected chi connectivity index (χ2v) is 8.30. The van der Waals surface area contributed by atoms with E-state index in [2.05, 4.69) is 10.0 Å².